The third-order valence-corrected chi connectivity index (χ3v) is 22.3. The Hall–Kier alpha value is -9.63. The van der Waals surface area contributed by atoms with Gasteiger partial charge in [-0.3, -0.25) is 8.98 Å². The van der Waals surface area contributed by atoms with Crippen molar-refractivity contribution in [1.82, 2.24) is 30.1 Å². The third kappa shape index (κ3) is 29.1. The van der Waals surface area contributed by atoms with Crippen LogP contribution in [0.25, 0.3) is 30.6 Å². The van der Waals surface area contributed by atoms with E-state index in [0.29, 0.717) is 35.4 Å². The maximum Gasteiger partial charge on any atom is 0.410 e. The van der Waals surface area contributed by atoms with E-state index in [1.165, 1.54) is 55.8 Å². The van der Waals surface area contributed by atoms with Crippen LogP contribution in [0.2, 0.25) is 0 Å². The lowest BCUT2D eigenvalue weighted by Gasteiger charge is -2.28. The number of carboxylic acids is 1. The SMILES string of the molecule is CC(C)(C)OC(=O)N1CCCC1COc1ccc(Cc2nc3ccccc3s2)cc1.Cc1ccc(S(=O)OCC2CCCN2C(=O)OC(C)(C)C)cc1.Cl.Nc1ccccc1S.O=C(O)Cc1ccc(O)cc1.Oc1ccc(Cc2nc3ccccc3s2)cc1.c1ccc2sc(Cc3ccc(OCC4CCCN4)cc3)nc2c1. The van der Waals surface area contributed by atoms with Crippen molar-refractivity contribution in [2.24, 2.45) is 0 Å². The van der Waals surface area contributed by atoms with E-state index in [-0.39, 0.29) is 55.5 Å². The van der Waals surface area contributed by atoms with Gasteiger partial charge in [0.05, 0.1) is 75.7 Å². The molecule has 113 heavy (non-hydrogen) atoms. The summed E-state index contributed by atoms with van der Waals surface area (Å²) in [6.07, 6.45) is 8.07. The highest BCUT2D eigenvalue weighted by Crippen LogP contribution is 2.30. The number of nitrogens with one attached hydrogen (secondary N) is 1. The number of benzene rings is 9. The number of carbonyl (C=O) groups is 3. The fourth-order valence-electron chi connectivity index (χ4n) is 12.1. The van der Waals surface area contributed by atoms with E-state index in [1.54, 1.807) is 80.2 Å². The molecule has 0 saturated carbocycles. The van der Waals surface area contributed by atoms with Crippen LogP contribution < -0.4 is 20.5 Å². The number of fused-ring (bicyclic) bond motifs is 3. The molecule has 6 N–H and O–H groups in total. The van der Waals surface area contributed by atoms with Gasteiger partial charge in [0, 0.05) is 49.0 Å². The van der Waals surface area contributed by atoms with Crippen LogP contribution >= 0.6 is 59.0 Å². The molecule has 4 unspecified atom stereocenters. The van der Waals surface area contributed by atoms with Crippen molar-refractivity contribution in [3.05, 3.63) is 261 Å². The number of likely N-dealkylation sites (tertiary alicyclic amines) is 2. The number of anilines is 1. The molecule has 6 heterocycles. The van der Waals surface area contributed by atoms with Crippen molar-refractivity contribution in [3.8, 4) is 23.0 Å². The second kappa shape index (κ2) is 43.0. The van der Waals surface area contributed by atoms with Gasteiger partial charge in [0.25, 0.3) is 0 Å². The number of phenolic OH excluding ortho intramolecular Hbond substituents is 2. The number of halogens is 1. The number of thiol groups is 1. The van der Waals surface area contributed by atoms with E-state index in [1.807, 2.05) is 146 Å². The van der Waals surface area contributed by atoms with Gasteiger partial charge in [-0.1, -0.05) is 115 Å². The van der Waals surface area contributed by atoms with Crippen molar-refractivity contribution < 1.29 is 57.0 Å². The van der Waals surface area contributed by atoms with Crippen LogP contribution in [0, 0.1) is 6.92 Å². The van der Waals surface area contributed by atoms with Crippen LogP contribution in [0.4, 0.5) is 15.3 Å². The summed E-state index contributed by atoms with van der Waals surface area (Å²) in [5.41, 5.74) is 13.8. The molecule has 25 heteroatoms. The predicted octanol–water partition coefficient (Wildman–Crippen LogP) is 19.7. The number of aliphatic carboxylic acids is 1. The van der Waals surface area contributed by atoms with Crippen molar-refractivity contribution >= 4 is 125 Å². The molecule has 12 aromatic rings. The lowest BCUT2D eigenvalue weighted by Crippen LogP contribution is -2.42. The molecule has 0 bridgehead atoms. The largest absolute Gasteiger partial charge is 0.508 e. The van der Waals surface area contributed by atoms with Crippen molar-refractivity contribution in [1.29, 1.82) is 0 Å². The zero-order valence-electron chi connectivity index (χ0n) is 64.6. The quantitative estimate of drug-likeness (QED) is 0.0345. The number of phenols is 2. The van der Waals surface area contributed by atoms with Gasteiger partial charge >= 0.3 is 18.2 Å². The molecule has 9 aromatic carbocycles. The Morgan fingerprint density at radius 2 is 0.920 bits per heavy atom. The number of carbonyl (C=O) groups excluding carboxylic acids is 2. The molecule has 596 valence electrons. The van der Waals surface area contributed by atoms with Gasteiger partial charge in [-0.25, -0.2) is 28.7 Å². The number of hydrogen-bond donors (Lipinski definition) is 6. The number of thiazole rings is 3. The molecule has 3 fully saturated rings. The fourth-order valence-corrected chi connectivity index (χ4v) is 16.0. The molecule has 3 saturated heterocycles. The van der Waals surface area contributed by atoms with Gasteiger partial charge in [-0.15, -0.1) is 59.0 Å². The van der Waals surface area contributed by atoms with Crippen LogP contribution in [0.1, 0.15) is 123 Å². The van der Waals surface area contributed by atoms with Crippen LogP contribution in [-0.2, 0) is 55.2 Å². The number of ether oxygens (including phenoxy) is 4. The minimum Gasteiger partial charge on any atom is -0.508 e. The fraction of sp³-hybridized carbons (Fsp3) is 0.318. The lowest BCUT2D eigenvalue weighted by atomic mass is 10.1. The Balaban J connectivity index is 0.000000162. The zero-order valence-corrected chi connectivity index (χ0v) is 69.6. The number of hydrogen-bond acceptors (Lipinski definition) is 20. The highest BCUT2D eigenvalue weighted by molar-refractivity contribution is 7.80. The summed E-state index contributed by atoms with van der Waals surface area (Å²) < 4.78 is 44.2. The molecule has 3 aliphatic heterocycles. The molecule has 0 radical (unpaired) electrons. The monoisotopic (exact) mass is 1640 g/mol. The number of aromatic hydroxyl groups is 2. The topological polar surface area (TPSA) is 258 Å². The van der Waals surface area contributed by atoms with Gasteiger partial charge in [0.1, 0.15) is 47.4 Å². The van der Waals surface area contributed by atoms with E-state index in [2.05, 4.69) is 95.7 Å². The third-order valence-electron chi connectivity index (χ3n) is 17.7. The van der Waals surface area contributed by atoms with Crippen molar-refractivity contribution in [3.63, 3.8) is 0 Å². The Morgan fingerprint density at radius 1 is 0.522 bits per heavy atom. The Morgan fingerprint density at radius 3 is 1.31 bits per heavy atom. The van der Waals surface area contributed by atoms with Gasteiger partial charge in [-0.2, -0.15) is 0 Å². The van der Waals surface area contributed by atoms with E-state index < -0.39 is 28.3 Å². The normalized spacial score (nSPS) is 15.2. The highest BCUT2D eigenvalue weighted by Gasteiger charge is 2.34. The number of para-hydroxylation sites is 4. The van der Waals surface area contributed by atoms with Gasteiger partial charge in [-0.05, 0) is 225 Å². The van der Waals surface area contributed by atoms with E-state index >= 15 is 0 Å². The van der Waals surface area contributed by atoms with Crippen LogP contribution in [-0.4, -0.2) is 131 Å². The summed E-state index contributed by atoms with van der Waals surface area (Å²) in [4.78, 5) is 53.7. The summed E-state index contributed by atoms with van der Waals surface area (Å²) in [6.45, 7) is 17.2. The predicted molar refractivity (Wildman–Crippen MR) is 461 cm³/mol. The number of carboxylic acid groups (broad SMARTS) is 1. The molecule has 19 nitrogen and oxygen atoms in total. The van der Waals surface area contributed by atoms with Crippen molar-refractivity contribution in [2.75, 3.05) is 45.2 Å². The molecule has 0 spiro atoms. The first-order chi connectivity index (χ1) is 53.8. The second-order valence-corrected chi connectivity index (χ2v) is 34.2. The molecule has 4 atom stereocenters. The Bertz CT molecular complexity index is 4850. The molecule has 3 aromatic heterocycles. The summed E-state index contributed by atoms with van der Waals surface area (Å²) in [5, 5.41) is 33.3. The van der Waals surface area contributed by atoms with Crippen LogP contribution in [0.15, 0.2) is 228 Å². The van der Waals surface area contributed by atoms with Crippen LogP contribution in [0.5, 0.6) is 23.0 Å². The molecular formula is C88H100ClN7O12S5. The van der Waals surface area contributed by atoms with Crippen LogP contribution in [0.3, 0.4) is 0 Å². The first-order valence-corrected chi connectivity index (χ1v) is 41.4. The molecule has 15 rings (SSSR count). The average molecular weight is 1640 g/mol. The first-order valence-electron chi connectivity index (χ1n) is 37.4. The summed E-state index contributed by atoms with van der Waals surface area (Å²) in [6, 6.07) is 70.0. The smallest absolute Gasteiger partial charge is 0.410 e. The standard InChI is InChI=1S/C24H28N2O3S.C19H20N2OS.C17H25NO4S.C14H11NOS.C8H8O3.C6H7NS.ClH/c1-24(2,3)29-23(27)26-14-6-7-18(26)16-28-19-12-10-17(11-13-19)15-22-25-20-8-4-5-9-21(20)30-22;1-2-6-18-17(5-1)21-19(23-18)12-14-7-9-16(10-8-14)22-13-15-4-3-11-20-15;1-13-7-9-15(10-8-13)23(20)21-12-14-6-5-11-18(14)16(19)22-17(2,3)4;16-11-7-5-10(6-8-11)9-14-15-12-3-1-2-4-13(12)17-14;9-7-3-1-6(2-4-7)5-8(10)11;7-5-3-1-2-4-6(5)8;/h4-5,8-13,18H,6-7,14-16H2,1-3H3;1-2,5-10,15,20H,3-4,11-13H2;7-10,14H,5-6,11-12H2,1-4H3;1-8,16H,9H2;1-4,9H,5H2,(H,10,11);1-4,8H,7H2;1H. The summed E-state index contributed by atoms with van der Waals surface area (Å²) in [7, 11) is 0. The number of nitrogens with two attached hydrogens (primary N) is 1. The number of nitrogens with zero attached hydrogens (tertiary/aromatic N) is 5. The number of rotatable bonds is 18. The second-order valence-electron chi connectivity index (χ2n) is 29.2. The summed E-state index contributed by atoms with van der Waals surface area (Å²) >= 11 is 7.79. The molecule has 2 amide bonds. The van der Waals surface area contributed by atoms with E-state index in [9.17, 15) is 23.7 Å². The Kier molecular flexibility index (Phi) is 33.3. The van der Waals surface area contributed by atoms with Gasteiger partial charge in [0.15, 0.2) is 11.1 Å². The molecular weight excluding hydrogens is 1540 g/mol. The Labute approximate surface area is 688 Å². The average Bonchev–Trinajstić information content (AvgIpc) is 1.80. The van der Waals surface area contributed by atoms with E-state index in [4.69, 9.17) is 49.0 Å². The summed E-state index contributed by atoms with van der Waals surface area (Å²) in [5.74, 6) is 1.36. The molecule has 0 aliphatic carbocycles. The van der Waals surface area contributed by atoms with E-state index in [0.717, 1.165) is 124 Å². The zero-order chi connectivity index (χ0) is 79.6. The number of aryl methyl sites for hydroxylation is 1. The number of amides is 2. The number of aromatic nitrogens is 3. The highest BCUT2D eigenvalue weighted by atomic mass is 35.5. The maximum absolute atomic E-state index is 12.4. The van der Waals surface area contributed by atoms with Gasteiger partial charge in [0.2, 0.25) is 0 Å². The minimum atomic E-state index is -1.51. The van der Waals surface area contributed by atoms with Gasteiger partial charge < -0.3 is 55.1 Å². The minimum absolute atomic E-state index is 0. The first kappa shape index (κ1) is 87.3. The van der Waals surface area contributed by atoms with Crippen molar-refractivity contribution in [2.45, 2.75) is 152 Å². The lowest BCUT2D eigenvalue weighted by molar-refractivity contribution is -0.136. The number of nitrogen functional groups attached to an aromatic ring is 1. The molecule has 3 aliphatic rings. The maximum atomic E-state index is 12.4.